The third-order valence-corrected chi connectivity index (χ3v) is 5.30. The molecule has 0 radical (unpaired) electrons. The van der Waals surface area contributed by atoms with Crippen molar-refractivity contribution in [2.75, 3.05) is 25.0 Å². The van der Waals surface area contributed by atoms with E-state index in [0.717, 1.165) is 43.7 Å². The van der Waals surface area contributed by atoms with Crippen LogP contribution >= 0.6 is 0 Å². The number of aryl methyl sites for hydroxylation is 2. The number of aromatic nitrogens is 2. The molecule has 1 aliphatic heterocycles. The molecule has 3 heterocycles. The molecule has 2 aromatic rings. The SMILES string of the molecule is CCOC(=O)C[C@H](NC(=O)CC(=O)NCCCc1ccc2c(n1)NCCC2)c1cccnc1. The van der Waals surface area contributed by atoms with E-state index in [1.807, 2.05) is 6.07 Å². The minimum atomic E-state index is -0.609. The molecule has 1 atom stereocenters. The molecule has 2 aromatic heterocycles. The van der Waals surface area contributed by atoms with E-state index in [-0.39, 0.29) is 25.4 Å². The van der Waals surface area contributed by atoms with Crippen molar-refractivity contribution in [1.82, 2.24) is 20.6 Å². The molecule has 0 saturated heterocycles. The highest BCUT2D eigenvalue weighted by atomic mass is 16.5. The first-order valence-electron chi connectivity index (χ1n) is 11.4. The summed E-state index contributed by atoms with van der Waals surface area (Å²) < 4.78 is 4.99. The van der Waals surface area contributed by atoms with Crippen molar-refractivity contribution in [3.63, 3.8) is 0 Å². The summed E-state index contributed by atoms with van der Waals surface area (Å²) in [5.41, 5.74) is 2.90. The van der Waals surface area contributed by atoms with Gasteiger partial charge in [-0.1, -0.05) is 12.1 Å². The summed E-state index contributed by atoms with van der Waals surface area (Å²) in [6, 6.07) is 7.02. The van der Waals surface area contributed by atoms with Gasteiger partial charge in [0.1, 0.15) is 12.2 Å². The number of esters is 1. The lowest BCUT2D eigenvalue weighted by Gasteiger charge is -2.18. The van der Waals surface area contributed by atoms with E-state index in [1.54, 1.807) is 31.5 Å². The van der Waals surface area contributed by atoms with Crippen LogP contribution in [0.15, 0.2) is 36.7 Å². The first-order valence-corrected chi connectivity index (χ1v) is 11.4. The molecular formula is C24H31N5O4. The van der Waals surface area contributed by atoms with E-state index in [9.17, 15) is 14.4 Å². The molecule has 0 aliphatic carbocycles. The van der Waals surface area contributed by atoms with E-state index in [1.165, 1.54) is 5.56 Å². The highest BCUT2D eigenvalue weighted by Gasteiger charge is 2.21. The maximum atomic E-state index is 12.4. The van der Waals surface area contributed by atoms with Crippen molar-refractivity contribution >= 4 is 23.6 Å². The van der Waals surface area contributed by atoms with Crippen molar-refractivity contribution < 1.29 is 19.1 Å². The van der Waals surface area contributed by atoms with Crippen LogP contribution in [0.5, 0.6) is 0 Å². The van der Waals surface area contributed by atoms with Crippen LogP contribution in [-0.4, -0.2) is 47.4 Å². The third-order valence-electron chi connectivity index (χ3n) is 5.30. The van der Waals surface area contributed by atoms with Crippen molar-refractivity contribution in [3.05, 3.63) is 53.5 Å². The fourth-order valence-corrected chi connectivity index (χ4v) is 3.68. The maximum absolute atomic E-state index is 12.4. The molecule has 0 unspecified atom stereocenters. The van der Waals surface area contributed by atoms with Gasteiger partial charge >= 0.3 is 5.97 Å². The van der Waals surface area contributed by atoms with Crippen LogP contribution < -0.4 is 16.0 Å². The Bertz CT molecular complexity index is 951. The molecule has 33 heavy (non-hydrogen) atoms. The molecule has 9 heteroatoms. The average molecular weight is 454 g/mol. The summed E-state index contributed by atoms with van der Waals surface area (Å²) in [5.74, 6) is -0.297. The van der Waals surface area contributed by atoms with Crippen LogP contribution in [0.2, 0.25) is 0 Å². The van der Waals surface area contributed by atoms with E-state index in [2.05, 4.69) is 32.0 Å². The Morgan fingerprint density at radius 3 is 2.88 bits per heavy atom. The van der Waals surface area contributed by atoms with Crippen LogP contribution in [-0.2, 0) is 32.0 Å². The number of amides is 2. The molecule has 0 bridgehead atoms. The molecule has 0 spiro atoms. The van der Waals surface area contributed by atoms with Gasteiger partial charge in [0, 0.05) is 31.2 Å². The third kappa shape index (κ3) is 7.85. The van der Waals surface area contributed by atoms with E-state index in [0.29, 0.717) is 12.1 Å². The number of anilines is 1. The number of nitrogens with zero attached hydrogens (tertiary/aromatic N) is 2. The summed E-state index contributed by atoms with van der Waals surface area (Å²) >= 11 is 0. The molecule has 0 saturated carbocycles. The zero-order valence-corrected chi connectivity index (χ0v) is 18.9. The molecule has 0 fully saturated rings. The maximum Gasteiger partial charge on any atom is 0.308 e. The van der Waals surface area contributed by atoms with E-state index in [4.69, 9.17) is 4.74 Å². The minimum absolute atomic E-state index is 0.0322. The zero-order valence-electron chi connectivity index (χ0n) is 18.9. The van der Waals surface area contributed by atoms with Gasteiger partial charge in [-0.05, 0) is 55.9 Å². The van der Waals surface area contributed by atoms with Gasteiger partial charge in [-0.3, -0.25) is 19.4 Å². The van der Waals surface area contributed by atoms with Gasteiger partial charge < -0.3 is 20.7 Å². The number of ether oxygens (including phenoxy) is 1. The van der Waals surface area contributed by atoms with E-state index < -0.39 is 17.9 Å². The van der Waals surface area contributed by atoms with Crippen LogP contribution in [0, 0.1) is 0 Å². The first-order chi connectivity index (χ1) is 16.0. The van der Waals surface area contributed by atoms with Crippen molar-refractivity contribution in [3.8, 4) is 0 Å². The van der Waals surface area contributed by atoms with Gasteiger partial charge in [0.2, 0.25) is 11.8 Å². The van der Waals surface area contributed by atoms with Crippen molar-refractivity contribution in [2.24, 2.45) is 0 Å². The second kappa shape index (κ2) is 12.5. The number of hydrogen-bond acceptors (Lipinski definition) is 7. The van der Waals surface area contributed by atoms with Gasteiger partial charge in [0.25, 0.3) is 0 Å². The Kier molecular flexibility index (Phi) is 9.17. The minimum Gasteiger partial charge on any atom is -0.466 e. The van der Waals surface area contributed by atoms with Gasteiger partial charge in [0.15, 0.2) is 0 Å². The van der Waals surface area contributed by atoms with Crippen molar-refractivity contribution in [1.29, 1.82) is 0 Å². The summed E-state index contributed by atoms with van der Waals surface area (Å²) in [7, 11) is 0. The largest absolute Gasteiger partial charge is 0.466 e. The molecule has 9 nitrogen and oxygen atoms in total. The zero-order chi connectivity index (χ0) is 23.5. The Labute approximate surface area is 193 Å². The van der Waals surface area contributed by atoms with Gasteiger partial charge in [-0.2, -0.15) is 0 Å². The standard InChI is InChI=1S/C24H31N5O4/c1-2-33-23(32)14-20(18-7-3-11-25-16-18)29-22(31)15-21(30)26-12-5-8-19-10-9-17-6-4-13-27-24(17)28-19/h3,7,9-11,16,20H,2,4-6,8,12-15H2,1H3,(H,26,30)(H,27,28)(H,29,31)/t20-/m0/s1. The monoisotopic (exact) mass is 453 g/mol. The molecule has 1 aliphatic rings. The lowest BCUT2D eigenvalue weighted by molar-refractivity contribution is -0.143. The Morgan fingerprint density at radius 2 is 2.09 bits per heavy atom. The molecule has 3 N–H and O–H groups in total. The van der Waals surface area contributed by atoms with Crippen LogP contribution in [0.1, 0.15) is 55.5 Å². The molecule has 2 amide bonds. The van der Waals surface area contributed by atoms with Crippen LogP contribution in [0.4, 0.5) is 5.82 Å². The number of hydrogen-bond donors (Lipinski definition) is 3. The van der Waals surface area contributed by atoms with Gasteiger partial charge in [0.05, 0.1) is 19.1 Å². The quantitative estimate of drug-likeness (QED) is 0.270. The number of rotatable bonds is 11. The summed E-state index contributed by atoms with van der Waals surface area (Å²) in [5, 5.41) is 8.84. The Morgan fingerprint density at radius 1 is 1.21 bits per heavy atom. The number of carbonyl (C=O) groups excluding carboxylic acids is 3. The topological polar surface area (TPSA) is 122 Å². The lowest BCUT2D eigenvalue weighted by atomic mass is 10.1. The summed E-state index contributed by atoms with van der Waals surface area (Å²) in [4.78, 5) is 45.2. The van der Waals surface area contributed by atoms with Crippen LogP contribution in [0.25, 0.3) is 0 Å². The predicted octanol–water partition coefficient (Wildman–Crippen LogP) is 2.08. The summed E-state index contributed by atoms with van der Waals surface area (Å²) in [6.07, 6.45) is 6.47. The molecule has 3 rings (SSSR count). The highest BCUT2D eigenvalue weighted by Crippen LogP contribution is 2.20. The molecular weight excluding hydrogens is 422 g/mol. The fraction of sp³-hybridized carbons (Fsp3) is 0.458. The van der Waals surface area contributed by atoms with Crippen LogP contribution in [0.3, 0.4) is 0 Å². The first kappa shape index (κ1) is 24.2. The Balaban J connectivity index is 1.42. The summed E-state index contributed by atoms with van der Waals surface area (Å²) in [6.45, 7) is 3.38. The van der Waals surface area contributed by atoms with Gasteiger partial charge in [-0.25, -0.2) is 4.98 Å². The second-order valence-corrected chi connectivity index (χ2v) is 7.89. The second-order valence-electron chi connectivity index (χ2n) is 7.89. The molecule has 176 valence electrons. The predicted molar refractivity (Wildman–Crippen MR) is 123 cm³/mol. The fourth-order valence-electron chi connectivity index (χ4n) is 3.68. The number of nitrogens with one attached hydrogen (secondary N) is 3. The smallest absolute Gasteiger partial charge is 0.308 e. The van der Waals surface area contributed by atoms with Crippen molar-refractivity contribution in [2.45, 2.75) is 51.5 Å². The molecule has 0 aromatic carbocycles. The van der Waals surface area contributed by atoms with E-state index >= 15 is 0 Å². The number of fused-ring (bicyclic) bond motifs is 1. The highest BCUT2D eigenvalue weighted by molar-refractivity contribution is 5.97. The number of pyridine rings is 2. The Hall–Kier alpha value is -3.49. The number of carbonyl (C=O) groups is 3. The normalized spacial score (nSPS) is 13.2. The lowest BCUT2D eigenvalue weighted by Crippen LogP contribution is -2.35. The van der Waals surface area contributed by atoms with Gasteiger partial charge in [-0.15, -0.1) is 0 Å². The average Bonchev–Trinajstić information content (AvgIpc) is 2.82.